The van der Waals surface area contributed by atoms with Crippen molar-refractivity contribution in [2.24, 2.45) is 23.0 Å². The van der Waals surface area contributed by atoms with Gasteiger partial charge in [0.2, 0.25) is 0 Å². The third-order valence-electron chi connectivity index (χ3n) is 1.03. The van der Waals surface area contributed by atoms with E-state index in [1.807, 2.05) is 0 Å². The van der Waals surface area contributed by atoms with Gasteiger partial charge >= 0.3 is 0 Å². The Bertz CT molecular complexity index is 191. The van der Waals surface area contributed by atoms with Gasteiger partial charge in [-0.05, 0) is 12.3 Å². The molecular weight excluding hydrogens is 142 g/mol. The largest absolute Gasteiger partial charge is 0.405 e. The van der Waals surface area contributed by atoms with Crippen LogP contribution in [0.5, 0.6) is 0 Å². The van der Waals surface area contributed by atoms with E-state index in [1.165, 1.54) is 18.6 Å². The van der Waals surface area contributed by atoms with E-state index in [1.54, 1.807) is 6.08 Å². The molecule has 0 radical (unpaired) electrons. The lowest BCUT2D eigenvalue weighted by atomic mass is 10.2. The van der Waals surface area contributed by atoms with E-state index in [2.05, 4.69) is 5.43 Å². The van der Waals surface area contributed by atoms with Gasteiger partial charge in [0.25, 0.3) is 0 Å². The van der Waals surface area contributed by atoms with Gasteiger partial charge < -0.3 is 22.6 Å². The van der Waals surface area contributed by atoms with E-state index in [4.69, 9.17) is 23.0 Å². The van der Waals surface area contributed by atoms with Gasteiger partial charge in [-0.15, -0.1) is 0 Å². The lowest BCUT2D eigenvalue weighted by Gasteiger charge is -1.99. The summed E-state index contributed by atoms with van der Waals surface area (Å²) in [5.74, 6) is 4.99. The number of hydrogen-bond acceptors (Lipinski definition) is 5. The molecule has 0 aromatic carbocycles. The minimum atomic E-state index is 0.428. The number of nitrogens with two attached hydrogens (primary N) is 4. The predicted octanol–water partition coefficient (Wildman–Crippen LogP) is -1.44. The van der Waals surface area contributed by atoms with Gasteiger partial charge in [-0.2, -0.15) is 0 Å². The quantitative estimate of drug-likeness (QED) is 0.194. The molecule has 11 heavy (non-hydrogen) atoms. The van der Waals surface area contributed by atoms with E-state index in [0.29, 0.717) is 11.3 Å². The van der Waals surface area contributed by atoms with Crippen molar-refractivity contribution in [3.8, 4) is 0 Å². The molecule has 0 amide bonds. The zero-order chi connectivity index (χ0) is 8.69. The molecule has 0 bridgehead atoms. The maximum Gasteiger partial charge on any atom is 0.0576 e. The van der Waals surface area contributed by atoms with E-state index in [-0.39, 0.29) is 0 Å². The second-order valence-electron chi connectivity index (χ2n) is 1.75. The lowest BCUT2D eigenvalue weighted by molar-refractivity contribution is 0.950. The van der Waals surface area contributed by atoms with Crippen LogP contribution in [-0.4, -0.2) is 0 Å². The first-order valence-corrected chi connectivity index (χ1v) is 2.98. The van der Waals surface area contributed by atoms with Gasteiger partial charge in [0.15, 0.2) is 0 Å². The van der Waals surface area contributed by atoms with Crippen molar-refractivity contribution in [1.82, 2.24) is 5.43 Å². The number of hydrogen-bond donors (Lipinski definition) is 5. The van der Waals surface area contributed by atoms with Crippen LogP contribution in [0.3, 0.4) is 0 Å². The monoisotopic (exact) mass is 155 g/mol. The highest BCUT2D eigenvalue weighted by molar-refractivity contribution is 5.36. The van der Waals surface area contributed by atoms with Crippen LogP contribution in [0.15, 0.2) is 35.9 Å². The molecule has 0 aliphatic rings. The number of allylic oxidation sites excluding steroid dienone is 1. The van der Waals surface area contributed by atoms with Crippen molar-refractivity contribution >= 4 is 0 Å². The summed E-state index contributed by atoms with van der Waals surface area (Å²) in [6.07, 6.45) is 5.67. The standard InChI is InChI=1S/C6H13N5/c7-2-1-5(3-8)6(9)4-11-10/h1-4,11H,7-10H2/b2-1-,5-3?,6-4-. The van der Waals surface area contributed by atoms with Gasteiger partial charge in [0, 0.05) is 18.0 Å². The van der Waals surface area contributed by atoms with Crippen LogP contribution < -0.4 is 28.5 Å². The summed E-state index contributed by atoms with van der Waals surface area (Å²) in [6.45, 7) is 0. The van der Waals surface area contributed by atoms with Crippen LogP contribution in [0.4, 0.5) is 0 Å². The second-order valence-corrected chi connectivity index (χ2v) is 1.75. The molecule has 0 saturated carbocycles. The van der Waals surface area contributed by atoms with Crippen LogP contribution >= 0.6 is 0 Å². The summed E-state index contributed by atoms with van der Waals surface area (Å²) < 4.78 is 0. The summed E-state index contributed by atoms with van der Waals surface area (Å²) in [6, 6.07) is 0. The van der Waals surface area contributed by atoms with Crippen molar-refractivity contribution in [3.05, 3.63) is 35.9 Å². The Balaban J connectivity index is 4.40. The smallest absolute Gasteiger partial charge is 0.0576 e. The van der Waals surface area contributed by atoms with Crippen LogP contribution in [0, 0.1) is 0 Å². The maximum absolute atomic E-state index is 5.49. The van der Waals surface area contributed by atoms with Crippen molar-refractivity contribution < 1.29 is 0 Å². The number of hydrazine groups is 1. The average molecular weight is 155 g/mol. The molecule has 0 fully saturated rings. The molecule has 0 heterocycles. The van der Waals surface area contributed by atoms with Crippen molar-refractivity contribution in [2.75, 3.05) is 0 Å². The molecule has 0 atom stereocenters. The summed E-state index contributed by atoms with van der Waals surface area (Å²) >= 11 is 0. The normalized spacial score (nSPS) is 13.9. The van der Waals surface area contributed by atoms with Gasteiger partial charge in [0.05, 0.1) is 5.70 Å². The lowest BCUT2D eigenvalue weighted by Crippen LogP contribution is -2.17. The summed E-state index contributed by atoms with van der Waals surface area (Å²) in [5.41, 5.74) is 19.2. The minimum absolute atomic E-state index is 0.428. The Labute approximate surface area is 65.4 Å². The molecule has 0 unspecified atom stereocenters. The van der Waals surface area contributed by atoms with Crippen molar-refractivity contribution in [2.45, 2.75) is 0 Å². The molecular formula is C6H13N5. The fourth-order valence-corrected chi connectivity index (χ4v) is 0.525. The minimum Gasteiger partial charge on any atom is -0.405 e. The summed E-state index contributed by atoms with van der Waals surface area (Å²) in [5, 5.41) is 0. The molecule has 0 aromatic heterocycles. The van der Waals surface area contributed by atoms with Gasteiger partial charge in [0.1, 0.15) is 0 Å². The zero-order valence-corrected chi connectivity index (χ0v) is 6.12. The number of rotatable bonds is 3. The highest BCUT2D eigenvalue weighted by Gasteiger charge is 1.92. The fourth-order valence-electron chi connectivity index (χ4n) is 0.525. The van der Waals surface area contributed by atoms with Crippen molar-refractivity contribution in [1.29, 1.82) is 0 Å². The highest BCUT2D eigenvalue weighted by atomic mass is 15.2. The number of nitrogens with one attached hydrogen (secondary N) is 1. The average Bonchev–Trinajstić information content (AvgIpc) is 2.00. The Kier molecular flexibility index (Phi) is 4.42. The first-order chi connectivity index (χ1) is 5.26. The van der Waals surface area contributed by atoms with E-state index in [0.717, 1.165) is 0 Å². The Morgan fingerprint density at radius 2 is 1.91 bits per heavy atom. The molecule has 0 aliphatic heterocycles. The topological polar surface area (TPSA) is 116 Å². The Morgan fingerprint density at radius 1 is 1.27 bits per heavy atom. The summed E-state index contributed by atoms with van der Waals surface area (Å²) in [7, 11) is 0. The SMILES string of the molecule is NC=C(/C=C\N)/C(N)=C/NN. The Morgan fingerprint density at radius 3 is 2.27 bits per heavy atom. The molecule has 0 saturated heterocycles. The highest BCUT2D eigenvalue weighted by Crippen LogP contribution is 2.01. The van der Waals surface area contributed by atoms with Crippen LogP contribution in [0.1, 0.15) is 0 Å². The first kappa shape index (κ1) is 9.38. The predicted molar refractivity (Wildman–Crippen MR) is 45.2 cm³/mol. The van der Waals surface area contributed by atoms with Crippen LogP contribution in [0.25, 0.3) is 0 Å². The van der Waals surface area contributed by atoms with Crippen molar-refractivity contribution in [3.63, 3.8) is 0 Å². The molecule has 0 spiro atoms. The van der Waals surface area contributed by atoms with Gasteiger partial charge in [-0.3, -0.25) is 5.84 Å². The second kappa shape index (κ2) is 5.19. The fraction of sp³-hybridized carbons (Fsp3) is 0. The molecule has 0 aliphatic carbocycles. The van der Waals surface area contributed by atoms with E-state index >= 15 is 0 Å². The van der Waals surface area contributed by atoms with Crippen LogP contribution in [0.2, 0.25) is 0 Å². The van der Waals surface area contributed by atoms with Crippen LogP contribution in [-0.2, 0) is 0 Å². The Hall–Kier alpha value is -1.62. The van der Waals surface area contributed by atoms with E-state index in [9.17, 15) is 0 Å². The molecule has 62 valence electrons. The zero-order valence-electron chi connectivity index (χ0n) is 6.12. The van der Waals surface area contributed by atoms with E-state index < -0.39 is 0 Å². The molecule has 5 heteroatoms. The summed E-state index contributed by atoms with van der Waals surface area (Å²) in [4.78, 5) is 0. The first-order valence-electron chi connectivity index (χ1n) is 2.98. The molecule has 0 rings (SSSR count). The third kappa shape index (κ3) is 3.17. The maximum atomic E-state index is 5.49. The van der Waals surface area contributed by atoms with Gasteiger partial charge in [-0.1, -0.05) is 0 Å². The molecule has 9 N–H and O–H groups in total. The van der Waals surface area contributed by atoms with Gasteiger partial charge in [-0.25, -0.2) is 0 Å². The molecule has 5 nitrogen and oxygen atoms in total. The molecule has 0 aromatic rings. The third-order valence-corrected chi connectivity index (χ3v) is 1.03.